The fourth-order valence-corrected chi connectivity index (χ4v) is 4.56. The first-order valence-corrected chi connectivity index (χ1v) is 11.2. The van der Waals surface area contributed by atoms with Crippen molar-refractivity contribution in [3.63, 3.8) is 0 Å². The van der Waals surface area contributed by atoms with E-state index in [0.29, 0.717) is 12.1 Å². The Balaban J connectivity index is 1.46. The largest absolute Gasteiger partial charge is 0.324 e. The maximum absolute atomic E-state index is 13.6. The van der Waals surface area contributed by atoms with E-state index in [1.165, 1.54) is 0 Å². The number of aromatic nitrogens is 2. The molecule has 0 aliphatic carbocycles. The molecule has 0 saturated heterocycles. The summed E-state index contributed by atoms with van der Waals surface area (Å²) >= 11 is 0. The number of rotatable bonds is 4. The minimum absolute atomic E-state index is 0.129. The zero-order valence-corrected chi connectivity index (χ0v) is 18.8. The highest BCUT2D eigenvalue weighted by atomic mass is 16.2. The van der Waals surface area contributed by atoms with E-state index in [1.807, 2.05) is 91.3 Å². The van der Waals surface area contributed by atoms with Crippen molar-refractivity contribution >= 4 is 28.8 Å². The summed E-state index contributed by atoms with van der Waals surface area (Å²) in [4.78, 5) is 33.3. The second-order valence-corrected chi connectivity index (χ2v) is 8.58. The van der Waals surface area contributed by atoms with Gasteiger partial charge >= 0.3 is 0 Å². The summed E-state index contributed by atoms with van der Waals surface area (Å²) in [5.74, 6) is -0.300. The summed E-state index contributed by atoms with van der Waals surface area (Å²) < 4.78 is 1.93. The van der Waals surface area contributed by atoms with E-state index in [4.69, 9.17) is 0 Å². The fourth-order valence-electron chi connectivity index (χ4n) is 4.56. The van der Waals surface area contributed by atoms with Crippen molar-refractivity contribution in [1.29, 1.82) is 0 Å². The smallest absolute Gasteiger partial charge is 0.247 e. The molecule has 2 aromatic heterocycles. The van der Waals surface area contributed by atoms with Gasteiger partial charge in [0.25, 0.3) is 0 Å². The van der Waals surface area contributed by atoms with Gasteiger partial charge in [-0.2, -0.15) is 0 Å². The second kappa shape index (κ2) is 8.54. The standard InChI is InChI=1S/C27H26N4O2/c1-18-8-3-5-11-22(18)29-27(33)24-14-13-20-10-4-6-12-23(20)31(24)25(32)16-21-17-30-15-7-9-19(2)26(30)28-21/h3-12,15,17,24H,13-14,16H2,1-2H3,(H,29,33). The minimum atomic E-state index is -0.578. The topological polar surface area (TPSA) is 66.7 Å². The van der Waals surface area contributed by atoms with Gasteiger partial charge < -0.3 is 9.72 Å². The average molecular weight is 439 g/mol. The van der Waals surface area contributed by atoms with E-state index < -0.39 is 6.04 Å². The van der Waals surface area contributed by atoms with Gasteiger partial charge in [0, 0.05) is 23.8 Å². The number of hydrogen-bond donors (Lipinski definition) is 1. The van der Waals surface area contributed by atoms with Gasteiger partial charge in [-0.15, -0.1) is 0 Å². The quantitative estimate of drug-likeness (QED) is 0.511. The number of benzene rings is 2. The molecule has 2 aromatic carbocycles. The summed E-state index contributed by atoms with van der Waals surface area (Å²) in [6, 6.07) is 18.9. The molecule has 1 atom stereocenters. The van der Waals surface area contributed by atoms with Crippen LogP contribution in [0.3, 0.4) is 0 Å². The fraction of sp³-hybridized carbons (Fsp3) is 0.222. The Morgan fingerprint density at radius 3 is 2.58 bits per heavy atom. The molecule has 1 aliphatic rings. The van der Waals surface area contributed by atoms with Crippen LogP contribution >= 0.6 is 0 Å². The van der Waals surface area contributed by atoms with Gasteiger partial charge in [-0.25, -0.2) is 4.98 Å². The molecule has 3 heterocycles. The molecule has 0 fully saturated rings. The van der Waals surface area contributed by atoms with Gasteiger partial charge in [0.15, 0.2) is 0 Å². The zero-order valence-electron chi connectivity index (χ0n) is 18.8. The van der Waals surface area contributed by atoms with Crippen molar-refractivity contribution in [2.24, 2.45) is 0 Å². The number of nitrogens with zero attached hydrogens (tertiary/aromatic N) is 3. The van der Waals surface area contributed by atoms with E-state index in [9.17, 15) is 9.59 Å². The van der Waals surface area contributed by atoms with Gasteiger partial charge in [0.1, 0.15) is 11.7 Å². The van der Waals surface area contributed by atoms with Crippen LogP contribution in [-0.4, -0.2) is 27.2 Å². The summed E-state index contributed by atoms with van der Waals surface area (Å²) in [5, 5.41) is 3.04. The third-order valence-corrected chi connectivity index (χ3v) is 6.28. The minimum Gasteiger partial charge on any atom is -0.324 e. The van der Waals surface area contributed by atoms with E-state index in [1.54, 1.807) is 4.90 Å². The first kappa shape index (κ1) is 20.9. The number of amides is 2. The van der Waals surface area contributed by atoms with Gasteiger partial charge in [-0.05, 0) is 61.6 Å². The number of nitrogens with one attached hydrogen (secondary N) is 1. The van der Waals surface area contributed by atoms with Crippen LogP contribution in [0.4, 0.5) is 11.4 Å². The van der Waals surface area contributed by atoms with Crippen molar-refractivity contribution in [3.8, 4) is 0 Å². The van der Waals surface area contributed by atoms with E-state index in [-0.39, 0.29) is 18.2 Å². The second-order valence-electron chi connectivity index (χ2n) is 8.58. The zero-order chi connectivity index (χ0) is 22.9. The lowest BCUT2D eigenvalue weighted by Crippen LogP contribution is -2.50. The van der Waals surface area contributed by atoms with Gasteiger partial charge in [0.05, 0.1) is 12.1 Å². The molecule has 6 nitrogen and oxygen atoms in total. The van der Waals surface area contributed by atoms with Crippen molar-refractivity contribution < 1.29 is 9.59 Å². The van der Waals surface area contributed by atoms with E-state index in [0.717, 1.165) is 40.1 Å². The maximum atomic E-state index is 13.6. The lowest BCUT2D eigenvalue weighted by Gasteiger charge is -2.36. The third kappa shape index (κ3) is 4.00. The Kier molecular flexibility index (Phi) is 5.42. The summed E-state index contributed by atoms with van der Waals surface area (Å²) in [5.41, 5.74) is 6.22. The number of carbonyl (C=O) groups is 2. The van der Waals surface area contributed by atoms with Gasteiger partial charge in [0.2, 0.25) is 11.8 Å². The Morgan fingerprint density at radius 1 is 1.00 bits per heavy atom. The van der Waals surface area contributed by atoms with Crippen molar-refractivity contribution in [1.82, 2.24) is 9.38 Å². The molecule has 1 unspecified atom stereocenters. The van der Waals surface area contributed by atoms with Crippen LogP contribution in [0, 0.1) is 13.8 Å². The molecular formula is C27H26N4O2. The number of para-hydroxylation sites is 2. The van der Waals surface area contributed by atoms with Crippen LogP contribution in [0.1, 0.15) is 28.8 Å². The molecule has 5 rings (SSSR count). The molecule has 1 N–H and O–H groups in total. The van der Waals surface area contributed by atoms with Crippen LogP contribution < -0.4 is 10.2 Å². The van der Waals surface area contributed by atoms with Gasteiger partial charge in [-0.1, -0.05) is 42.5 Å². The molecule has 0 radical (unpaired) electrons. The summed E-state index contributed by atoms with van der Waals surface area (Å²) in [6.07, 6.45) is 5.27. The predicted octanol–water partition coefficient (Wildman–Crippen LogP) is 4.48. The lowest BCUT2D eigenvalue weighted by atomic mass is 9.94. The number of carbonyl (C=O) groups excluding carboxylic acids is 2. The maximum Gasteiger partial charge on any atom is 0.247 e. The third-order valence-electron chi connectivity index (χ3n) is 6.28. The molecule has 1 aliphatic heterocycles. The highest BCUT2D eigenvalue weighted by Gasteiger charge is 2.35. The molecule has 0 spiro atoms. The van der Waals surface area contributed by atoms with Gasteiger partial charge in [-0.3, -0.25) is 14.5 Å². The summed E-state index contributed by atoms with van der Waals surface area (Å²) in [7, 11) is 0. The Morgan fingerprint density at radius 2 is 1.76 bits per heavy atom. The van der Waals surface area contributed by atoms with Crippen molar-refractivity contribution in [2.45, 2.75) is 39.2 Å². The van der Waals surface area contributed by atoms with E-state index in [2.05, 4.69) is 10.3 Å². The number of anilines is 2. The SMILES string of the molecule is Cc1ccccc1NC(=O)C1CCc2ccccc2N1C(=O)Cc1cn2cccc(C)c2n1. The number of fused-ring (bicyclic) bond motifs is 2. The molecule has 0 bridgehead atoms. The Labute approximate surface area is 192 Å². The van der Waals surface area contributed by atoms with Crippen molar-refractivity contribution in [2.75, 3.05) is 10.2 Å². The van der Waals surface area contributed by atoms with Crippen molar-refractivity contribution in [3.05, 3.63) is 95.4 Å². The van der Waals surface area contributed by atoms with Crippen LogP contribution in [0.25, 0.3) is 5.65 Å². The lowest BCUT2D eigenvalue weighted by molar-refractivity contribution is -0.123. The normalized spacial score (nSPS) is 15.3. The molecular weight excluding hydrogens is 412 g/mol. The molecule has 33 heavy (non-hydrogen) atoms. The van der Waals surface area contributed by atoms with Crippen LogP contribution in [0.2, 0.25) is 0 Å². The first-order valence-electron chi connectivity index (χ1n) is 11.2. The molecule has 4 aromatic rings. The number of aryl methyl sites for hydroxylation is 3. The van der Waals surface area contributed by atoms with Crippen LogP contribution in [0.15, 0.2) is 73.1 Å². The predicted molar refractivity (Wildman–Crippen MR) is 129 cm³/mol. The van der Waals surface area contributed by atoms with E-state index >= 15 is 0 Å². The Bertz CT molecular complexity index is 1360. The highest BCUT2D eigenvalue weighted by Crippen LogP contribution is 2.32. The summed E-state index contributed by atoms with van der Waals surface area (Å²) in [6.45, 7) is 3.96. The van der Waals surface area contributed by atoms with Crippen LogP contribution in [-0.2, 0) is 22.4 Å². The monoisotopic (exact) mass is 438 g/mol. The molecule has 0 saturated carbocycles. The average Bonchev–Trinajstić information content (AvgIpc) is 3.23. The highest BCUT2D eigenvalue weighted by molar-refractivity contribution is 6.06. The molecule has 166 valence electrons. The number of imidazole rings is 1. The Hall–Kier alpha value is -3.93. The first-order chi connectivity index (χ1) is 16.0. The number of pyridine rings is 1. The van der Waals surface area contributed by atoms with Crippen LogP contribution in [0.5, 0.6) is 0 Å². The molecule has 6 heteroatoms. The molecule has 2 amide bonds. The number of hydrogen-bond acceptors (Lipinski definition) is 3.